The molecule has 0 spiro atoms. The van der Waals surface area contributed by atoms with E-state index in [4.69, 9.17) is 4.74 Å². The number of fused-ring (bicyclic) bond motifs is 2. The highest BCUT2D eigenvalue weighted by atomic mass is 19.3. The summed E-state index contributed by atoms with van der Waals surface area (Å²) in [5.41, 5.74) is 0.289. The molecule has 0 saturated carbocycles. The van der Waals surface area contributed by atoms with Gasteiger partial charge < -0.3 is 14.2 Å². The lowest BCUT2D eigenvalue weighted by Crippen LogP contribution is -2.47. The third-order valence-electron chi connectivity index (χ3n) is 5.12. The van der Waals surface area contributed by atoms with Gasteiger partial charge in [0.15, 0.2) is 11.5 Å². The maximum absolute atomic E-state index is 13.2. The molecule has 2 saturated heterocycles. The number of esters is 1. The molecule has 0 amide bonds. The van der Waals surface area contributed by atoms with E-state index in [1.807, 2.05) is 0 Å². The molecule has 2 fully saturated rings. The number of rotatable bonds is 2. The number of nitrogens with zero attached hydrogens (tertiary/aromatic N) is 1. The van der Waals surface area contributed by atoms with Crippen LogP contribution in [0, 0.1) is 0 Å². The van der Waals surface area contributed by atoms with Crippen LogP contribution < -0.4 is 9.47 Å². The number of carbonyl (C=O) groups is 1. The van der Waals surface area contributed by atoms with Gasteiger partial charge in [-0.3, -0.25) is 9.69 Å². The summed E-state index contributed by atoms with van der Waals surface area (Å²) in [6, 6.07) is 4.85. The van der Waals surface area contributed by atoms with Crippen molar-refractivity contribution < 1.29 is 27.8 Å². The molecule has 3 aliphatic heterocycles. The average molecular weight is 325 g/mol. The molecular weight excluding hydrogens is 308 g/mol. The van der Waals surface area contributed by atoms with E-state index in [0.29, 0.717) is 0 Å². The van der Waals surface area contributed by atoms with Gasteiger partial charge in [0.25, 0.3) is 0 Å². The molecule has 4 rings (SSSR count). The number of alkyl halides is 2. The zero-order valence-electron chi connectivity index (χ0n) is 12.7. The van der Waals surface area contributed by atoms with E-state index >= 15 is 0 Å². The number of methoxy groups -OCH3 is 1. The highest BCUT2D eigenvalue weighted by Gasteiger charge is 2.55. The van der Waals surface area contributed by atoms with Crippen molar-refractivity contribution >= 4 is 5.97 Å². The summed E-state index contributed by atoms with van der Waals surface area (Å²) in [5, 5.41) is 0. The van der Waals surface area contributed by atoms with E-state index in [2.05, 4.69) is 14.4 Å². The molecule has 1 aromatic carbocycles. The van der Waals surface area contributed by atoms with Crippen LogP contribution in [0.3, 0.4) is 0 Å². The second kappa shape index (κ2) is 4.80. The molecule has 0 radical (unpaired) electrons. The van der Waals surface area contributed by atoms with Gasteiger partial charge >= 0.3 is 12.3 Å². The summed E-state index contributed by atoms with van der Waals surface area (Å²) in [7, 11) is 1.41. The van der Waals surface area contributed by atoms with Crippen LogP contribution in [0.15, 0.2) is 18.2 Å². The van der Waals surface area contributed by atoms with E-state index in [1.165, 1.54) is 13.2 Å². The molecule has 3 heterocycles. The average Bonchev–Trinajstić information content (AvgIpc) is 3.14. The summed E-state index contributed by atoms with van der Waals surface area (Å²) in [4.78, 5) is 14.4. The maximum Gasteiger partial charge on any atom is 0.586 e. The Kier molecular flexibility index (Phi) is 3.07. The van der Waals surface area contributed by atoms with Crippen molar-refractivity contribution in [2.45, 2.75) is 43.6 Å². The molecular formula is C16H17F2NO4. The summed E-state index contributed by atoms with van der Waals surface area (Å²) in [5.74, 6) is -0.121. The second-order valence-corrected chi connectivity index (χ2v) is 6.25. The van der Waals surface area contributed by atoms with Crippen LogP contribution in [0.25, 0.3) is 0 Å². The Bertz CT molecular complexity index is 665. The first-order valence-corrected chi connectivity index (χ1v) is 7.70. The first-order chi connectivity index (χ1) is 11.0. The van der Waals surface area contributed by atoms with Crippen molar-refractivity contribution in [3.05, 3.63) is 23.8 Å². The number of carbonyl (C=O) groups excluding carboxylic acids is 1. The molecule has 5 nitrogen and oxygen atoms in total. The number of hydrogen-bond donors (Lipinski definition) is 0. The van der Waals surface area contributed by atoms with Crippen LogP contribution in [0.4, 0.5) is 8.78 Å². The Labute approximate surface area is 132 Å². The Morgan fingerprint density at radius 3 is 2.87 bits per heavy atom. The first-order valence-electron chi connectivity index (χ1n) is 7.70. The second-order valence-electron chi connectivity index (χ2n) is 6.25. The Morgan fingerprint density at radius 1 is 1.30 bits per heavy atom. The lowest BCUT2D eigenvalue weighted by Gasteiger charge is -2.32. The summed E-state index contributed by atoms with van der Waals surface area (Å²) >= 11 is 0. The van der Waals surface area contributed by atoms with Crippen molar-refractivity contribution in [1.82, 2.24) is 4.90 Å². The van der Waals surface area contributed by atoms with E-state index in [-0.39, 0.29) is 23.5 Å². The van der Waals surface area contributed by atoms with Gasteiger partial charge in [0.2, 0.25) is 0 Å². The van der Waals surface area contributed by atoms with Crippen LogP contribution in [-0.2, 0) is 9.53 Å². The van der Waals surface area contributed by atoms with Gasteiger partial charge in [0, 0.05) is 6.04 Å². The first kappa shape index (κ1) is 14.7. The van der Waals surface area contributed by atoms with Gasteiger partial charge in [0.05, 0.1) is 7.11 Å². The van der Waals surface area contributed by atoms with Gasteiger partial charge in [-0.1, -0.05) is 6.07 Å². The topological polar surface area (TPSA) is 48.0 Å². The maximum atomic E-state index is 13.2. The Hall–Kier alpha value is -1.89. The number of halogens is 2. The minimum absolute atomic E-state index is 0.000257. The fraction of sp³-hybridized carbons (Fsp3) is 0.562. The summed E-state index contributed by atoms with van der Waals surface area (Å²) < 4.78 is 40.3. The molecule has 0 bridgehead atoms. The minimum Gasteiger partial charge on any atom is -0.468 e. The molecule has 3 aliphatic rings. The predicted octanol–water partition coefficient (Wildman–Crippen LogP) is 2.85. The Morgan fingerprint density at radius 2 is 2.09 bits per heavy atom. The van der Waals surface area contributed by atoms with Crippen molar-refractivity contribution in [1.29, 1.82) is 0 Å². The molecule has 0 N–H and O–H groups in total. The smallest absolute Gasteiger partial charge is 0.468 e. The van der Waals surface area contributed by atoms with Crippen molar-refractivity contribution in [3.8, 4) is 11.5 Å². The van der Waals surface area contributed by atoms with E-state index < -0.39 is 11.8 Å². The van der Waals surface area contributed by atoms with Crippen LogP contribution >= 0.6 is 0 Å². The van der Waals surface area contributed by atoms with Crippen LogP contribution in [-0.4, -0.2) is 36.4 Å². The van der Waals surface area contributed by atoms with Crippen molar-refractivity contribution in [3.63, 3.8) is 0 Å². The van der Waals surface area contributed by atoms with Gasteiger partial charge in [-0.25, -0.2) is 0 Å². The van der Waals surface area contributed by atoms with E-state index in [9.17, 15) is 13.6 Å². The molecule has 124 valence electrons. The summed E-state index contributed by atoms with van der Waals surface area (Å²) in [6.45, 7) is 0.796. The van der Waals surface area contributed by atoms with Gasteiger partial charge in [0.1, 0.15) is 5.54 Å². The Balaban J connectivity index is 1.64. The molecule has 0 aromatic heterocycles. The molecule has 2 atom stereocenters. The van der Waals surface area contributed by atoms with Gasteiger partial charge in [-0.05, 0) is 49.9 Å². The monoisotopic (exact) mass is 325 g/mol. The molecule has 23 heavy (non-hydrogen) atoms. The highest BCUT2D eigenvalue weighted by molar-refractivity contribution is 5.81. The van der Waals surface area contributed by atoms with Crippen molar-refractivity contribution in [2.24, 2.45) is 0 Å². The fourth-order valence-corrected chi connectivity index (χ4v) is 4.18. The summed E-state index contributed by atoms with van der Waals surface area (Å²) in [6.07, 6.45) is -0.410. The van der Waals surface area contributed by atoms with Crippen LogP contribution in [0.5, 0.6) is 11.5 Å². The quantitative estimate of drug-likeness (QED) is 0.783. The molecule has 1 unspecified atom stereocenters. The fourth-order valence-electron chi connectivity index (χ4n) is 4.18. The number of benzene rings is 1. The number of hydrogen-bond acceptors (Lipinski definition) is 5. The zero-order valence-corrected chi connectivity index (χ0v) is 12.7. The zero-order chi connectivity index (χ0) is 16.2. The number of ether oxygens (including phenoxy) is 3. The van der Waals surface area contributed by atoms with Gasteiger partial charge in [-0.2, -0.15) is 0 Å². The van der Waals surface area contributed by atoms with E-state index in [1.54, 1.807) is 12.1 Å². The van der Waals surface area contributed by atoms with Crippen molar-refractivity contribution in [2.75, 3.05) is 13.7 Å². The minimum atomic E-state index is -3.61. The van der Waals surface area contributed by atoms with Crippen LogP contribution in [0.2, 0.25) is 0 Å². The molecule has 1 aromatic rings. The third-order valence-corrected chi connectivity index (χ3v) is 5.12. The molecule has 7 heteroatoms. The molecule has 0 aliphatic carbocycles. The largest absolute Gasteiger partial charge is 0.586 e. The highest BCUT2D eigenvalue weighted by Crippen LogP contribution is 2.51. The lowest BCUT2D eigenvalue weighted by molar-refractivity contribution is -0.286. The third kappa shape index (κ3) is 2.09. The standard InChI is InChI=1S/C16H17F2NO4/c1-21-14(20)15-6-2-8-19(15)11(5-7-15)10-3-4-12-13(9-10)23-16(17,18)22-12/h3-4,9,11H,2,5-8H2,1H3/t11?,15-/m1/s1. The normalized spacial score (nSPS) is 31.2. The van der Waals surface area contributed by atoms with Crippen LogP contribution in [0.1, 0.15) is 37.3 Å². The SMILES string of the molecule is COC(=O)[C@]12CCCN1C(c1ccc3c(c1)OC(F)(F)O3)CC2. The predicted molar refractivity (Wildman–Crippen MR) is 75.3 cm³/mol. The van der Waals surface area contributed by atoms with Gasteiger partial charge in [-0.15, -0.1) is 8.78 Å². The van der Waals surface area contributed by atoms with E-state index in [0.717, 1.165) is 37.8 Å². The lowest BCUT2D eigenvalue weighted by atomic mass is 9.94.